The molecule has 0 aliphatic heterocycles. The van der Waals surface area contributed by atoms with Crippen molar-refractivity contribution >= 4 is 5.69 Å². The summed E-state index contributed by atoms with van der Waals surface area (Å²) >= 11 is 0. The first-order valence-corrected chi connectivity index (χ1v) is 6.06. The van der Waals surface area contributed by atoms with E-state index in [0.717, 1.165) is 18.7 Å². The van der Waals surface area contributed by atoms with E-state index in [2.05, 4.69) is 31.7 Å². The molecule has 0 radical (unpaired) electrons. The second kappa shape index (κ2) is 6.62. The average Bonchev–Trinajstić information content (AvgIpc) is 2.30. The lowest BCUT2D eigenvalue weighted by atomic mass is 10.1. The maximum atomic E-state index is 9.11. The second-order valence-corrected chi connectivity index (χ2v) is 4.56. The highest BCUT2D eigenvalue weighted by molar-refractivity contribution is 5.55. The Morgan fingerprint density at radius 1 is 1.35 bits per heavy atom. The van der Waals surface area contributed by atoms with E-state index in [4.69, 9.17) is 9.84 Å². The first-order valence-electron chi connectivity index (χ1n) is 6.06. The molecule has 0 fully saturated rings. The van der Waals surface area contributed by atoms with Gasteiger partial charge in [-0.2, -0.15) is 0 Å². The summed E-state index contributed by atoms with van der Waals surface area (Å²) in [4.78, 5) is 2.32. The zero-order valence-electron chi connectivity index (χ0n) is 11.2. The van der Waals surface area contributed by atoms with Gasteiger partial charge in [-0.3, -0.25) is 0 Å². The van der Waals surface area contributed by atoms with Gasteiger partial charge in [-0.1, -0.05) is 12.1 Å². The summed E-state index contributed by atoms with van der Waals surface area (Å²) in [6, 6.07) is 6.53. The van der Waals surface area contributed by atoms with Crippen molar-refractivity contribution < 1.29 is 9.84 Å². The van der Waals surface area contributed by atoms with Gasteiger partial charge in [-0.25, -0.2) is 0 Å². The summed E-state index contributed by atoms with van der Waals surface area (Å²) in [6.07, 6.45) is 0. The third-order valence-electron chi connectivity index (χ3n) is 2.91. The molecular formula is C14H23NO2. The summed E-state index contributed by atoms with van der Waals surface area (Å²) in [5, 5.41) is 9.11. The molecule has 0 heterocycles. The highest BCUT2D eigenvalue weighted by Crippen LogP contribution is 2.23. The number of anilines is 1. The largest absolute Gasteiger partial charge is 0.392 e. The fourth-order valence-electron chi connectivity index (χ4n) is 1.98. The highest BCUT2D eigenvalue weighted by atomic mass is 16.5. The minimum atomic E-state index is 0.0981. The van der Waals surface area contributed by atoms with E-state index < -0.39 is 0 Å². The van der Waals surface area contributed by atoms with Crippen molar-refractivity contribution in [1.82, 2.24) is 0 Å². The molecule has 3 nitrogen and oxygen atoms in total. The van der Waals surface area contributed by atoms with E-state index in [1.807, 2.05) is 12.1 Å². The van der Waals surface area contributed by atoms with E-state index >= 15 is 0 Å². The Kier molecular flexibility index (Phi) is 5.45. The molecular weight excluding hydrogens is 214 g/mol. The molecule has 1 rings (SSSR count). The number of ether oxygens (including phenoxy) is 1. The third kappa shape index (κ3) is 3.72. The predicted molar refractivity (Wildman–Crippen MR) is 71.5 cm³/mol. The van der Waals surface area contributed by atoms with Gasteiger partial charge in [0.05, 0.1) is 13.2 Å². The second-order valence-electron chi connectivity index (χ2n) is 4.56. The lowest BCUT2D eigenvalue weighted by molar-refractivity contribution is 0.204. The van der Waals surface area contributed by atoms with Crippen LogP contribution in [0.1, 0.15) is 25.0 Å². The number of rotatable bonds is 6. The number of aryl methyl sites for hydroxylation is 1. The number of aliphatic hydroxyl groups is 1. The molecule has 1 aromatic carbocycles. The Bertz CT molecular complexity index is 350. The van der Waals surface area contributed by atoms with Gasteiger partial charge in [0.1, 0.15) is 0 Å². The molecule has 0 amide bonds. The quantitative estimate of drug-likeness (QED) is 0.824. The van der Waals surface area contributed by atoms with Gasteiger partial charge >= 0.3 is 0 Å². The van der Waals surface area contributed by atoms with Crippen LogP contribution < -0.4 is 4.90 Å². The molecule has 96 valence electrons. The molecule has 0 spiro atoms. The summed E-state index contributed by atoms with van der Waals surface area (Å²) in [7, 11) is 1.72. The molecule has 0 bridgehead atoms. The molecule has 0 saturated carbocycles. The van der Waals surface area contributed by atoms with Crippen molar-refractivity contribution in [3.63, 3.8) is 0 Å². The van der Waals surface area contributed by atoms with Crippen molar-refractivity contribution in [2.24, 2.45) is 0 Å². The minimum Gasteiger partial charge on any atom is -0.392 e. The van der Waals surface area contributed by atoms with Gasteiger partial charge in [-0.05, 0) is 38.0 Å². The first-order chi connectivity index (χ1) is 8.10. The van der Waals surface area contributed by atoms with Gasteiger partial charge < -0.3 is 14.7 Å². The number of aliphatic hydroxyl groups excluding tert-OH is 1. The Balaban J connectivity index is 2.93. The molecule has 0 atom stereocenters. The van der Waals surface area contributed by atoms with Crippen LogP contribution in [0.4, 0.5) is 5.69 Å². The predicted octanol–water partition coefficient (Wildman–Crippen LogP) is 2.35. The van der Waals surface area contributed by atoms with E-state index in [-0.39, 0.29) is 6.61 Å². The smallest absolute Gasteiger partial charge is 0.0681 e. The molecule has 3 heteroatoms. The molecule has 0 aromatic heterocycles. The first kappa shape index (κ1) is 14.0. The van der Waals surface area contributed by atoms with Crippen molar-refractivity contribution in [2.45, 2.75) is 33.4 Å². The summed E-state index contributed by atoms with van der Waals surface area (Å²) in [5.74, 6) is 0. The number of benzene rings is 1. The molecule has 0 aliphatic rings. The zero-order chi connectivity index (χ0) is 12.8. The Hall–Kier alpha value is -1.06. The van der Waals surface area contributed by atoms with Gasteiger partial charge in [-0.15, -0.1) is 0 Å². The van der Waals surface area contributed by atoms with Crippen molar-refractivity contribution in [1.29, 1.82) is 0 Å². The van der Waals surface area contributed by atoms with Crippen LogP contribution in [-0.2, 0) is 11.3 Å². The van der Waals surface area contributed by atoms with Crippen LogP contribution in [0.5, 0.6) is 0 Å². The SMILES string of the molecule is COCCN(c1ccc(CO)cc1C)C(C)C. The number of nitrogens with zero attached hydrogens (tertiary/aromatic N) is 1. The number of hydrogen-bond acceptors (Lipinski definition) is 3. The van der Waals surface area contributed by atoms with E-state index in [1.165, 1.54) is 11.3 Å². The van der Waals surface area contributed by atoms with E-state index in [0.29, 0.717) is 6.04 Å². The Morgan fingerprint density at radius 3 is 2.53 bits per heavy atom. The lowest BCUT2D eigenvalue weighted by Gasteiger charge is -2.30. The van der Waals surface area contributed by atoms with Gasteiger partial charge in [0.2, 0.25) is 0 Å². The summed E-state index contributed by atoms with van der Waals surface area (Å²) < 4.78 is 5.15. The zero-order valence-corrected chi connectivity index (χ0v) is 11.2. The van der Waals surface area contributed by atoms with Crippen LogP contribution in [0.3, 0.4) is 0 Å². The van der Waals surface area contributed by atoms with E-state index in [1.54, 1.807) is 7.11 Å². The van der Waals surface area contributed by atoms with Crippen molar-refractivity contribution in [3.8, 4) is 0 Å². The summed E-state index contributed by atoms with van der Waals surface area (Å²) in [5.41, 5.74) is 3.37. The van der Waals surface area contributed by atoms with Crippen LogP contribution in [0.2, 0.25) is 0 Å². The van der Waals surface area contributed by atoms with Crippen molar-refractivity contribution in [3.05, 3.63) is 29.3 Å². The lowest BCUT2D eigenvalue weighted by Crippen LogP contribution is -2.34. The normalized spacial score (nSPS) is 10.9. The van der Waals surface area contributed by atoms with Crippen LogP contribution >= 0.6 is 0 Å². The van der Waals surface area contributed by atoms with Gasteiger partial charge in [0.15, 0.2) is 0 Å². The minimum absolute atomic E-state index is 0.0981. The van der Waals surface area contributed by atoms with Crippen LogP contribution in [0.15, 0.2) is 18.2 Å². The molecule has 0 unspecified atom stereocenters. The Labute approximate surface area is 104 Å². The van der Waals surface area contributed by atoms with E-state index in [9.17, 15) is 0 Å². The average molecular weight is 237 g/mol. The topological polar surface area (TPSA) is 32.7 Å². The van der Waals surface area contributed by atoms with Crippen LogP contribution in [-0.4, -0.2) is 31.4 Å². The fourth-order valence-corrected chi connectivity index (χ4v) is 1.98. The highest BCUT2D eigenvalue weighted by Gasteiger charge is 2.12. The Morgan fingerprint density at radius 2 is 2.06 bits per heavy atom. The molecule has 1 N–H and O–H groups in total. The van der Waals surface area contributed by atoms with Crippen LogP contribution in [0, 0.1) is 6.92 Å². The monoisotopic (exact) mass is 237 g/mol. The standard InChI is InChI=1S/C14H23NO2/c1-11(2)15(7-8-17-4)14-6-5-13(10-16)9-12(14)3/h5-6,9,11,16H,7-8,10H2,1-4H3. The van der Waals surface area contributed by atoms with Crippen LogP contribution in [0.25, 0.3) is 0 Å². The molecule has 0 aliphatic carbocycles. The maximum Gasteiger partial charge on any atom is 0.0681 e. The molecule has 17 heavy (non-hydrogen) atoms. The summed E-state index contributed by atoms with van der Waals surface area (Å²) in [6.45, 7) is 8.13. The molecule has 0 saturated heterocycles. The van der Waals surface area contributed by atoms with Gasteiger partial charge in [0.25, 0.3) is 0 Å². The van der Waals surface area contributed by atoms with Crippen molar-refractivity contribution in [2.75, 3.05) is 25.2 Å². The third-order valence-corrected chi connectivity index (χ3v) is 2.91. The number of methoxy groups -OCH3 is 1. The number of hydrogen-bond donors (Lipinski definition) is 1. The fraction of sp³-hybridized carbons (Fsp3) is 0.571. The maximum absolute atomic E-state index is 9.11. The molecule has 1 aromatic rings. The van der Waals surface area contributed by atoms with Gasteiger partial charge in [0, 0.05) is 25.4 Å².